The Kier molecular flexibility index (Phi) is 14.7. The Morgan fingerprint density at radius 2 is 1.05 bits per heavy atom. The van der Waals surface area contributed by atoms with E-state index in [1.807, 2.05) is 46.4 Å². The minimum absolute atomic E-state index is 0.176. The standard InChI is InChI=1S/C12H24N2O2.C10H17NO3.C7H16N2/c1-12(2,3)16-11(15)14-8-6-10(7-9-14)13(4)5;1-10(2,3)14-9(13)11-6-4-8(12)5-7-11;1-9(2)7-3-5-8-6-4-7/h10H,6-9H2,1-5H3;4-7H2,1-3H3;7-8H,3-6H2,1-2H3. The second-order valence-corrected chi connectivity index (χ2v) is 13.1. The molecule has 3 saturated heterocycles. The van der Waals surface area contributed by atoms with Crippen molar-refractivity contribution in [1.82, 2.24) is 24.9 Å². The van der Waals surface area contributed by atoms with Crippen LogP contribution < -0.4 is 5.32 Å². The maximum Gasteiger partial charge on any atom is 0.410 e. The van der Waals surface area contributed by atoms with E-state index in [0.29, 0.717) is 32.0 Å². The van der Waals surface area contributed by atoms with Crippen LogP contribution in [0.3, 0.4) is 0 Å². The molecule has 0 saturated carbocycles. The summed E-state index contributed by atoms with van der Waals surface area (Å²) >= 11 is 0. The molecule has 1 N–H and O–H groups in total. The average molecular weight is 556 g/mol. The van der Waals surface area contributed by atoms with Crippen LogP contribution in [0.4, 0.5) is 9.59 Å². The normalized spacial score (nSPS) is 19.6. The number of Topliss-reactive ketones (excluding diaryl/α,β-unsaturated/α-hetero) is 1. The Hall–Kier alpha value is -1.91. The average Bonchev–Trinajstić information content (AvgIpc) is 2.84. The van der Waals surface area contributed by atoms with Gasteiger partial charge in [-0.1, -0.05) is 0 Å². The van der Waals surface area contributed by atoms with Gasteiger partial charge in [-0.05, 0) is 109 Å². The number of amides is 2. The first kappa shape index (κ1) is 35.1. The van der Waals surface area contributed by atoms with Crippen LogP contribution in [0.25, 0.3) is 0 Å². The first-order valence-corrected chi connectivity index (χ1v) is 14.5. The lowest BCUT2D eigenvalue weighted by Crippen LogP contribution is -2.46. The fraction of sp³-hybridized carbons (Fsp3) is 0.897. The van der Waals surface area contributed by atoms with Gasteiger partial charge in [-0.2, -0.15) is 0 Å². The summed E-state index contributed by atoms with van der Waals surface area (Å²) in [6.07, 6.45) is 5.12. The molecule has 3 aliphatic rings. The molecule has 39 heavy (non-hydrogen) atoms. The number of nitrogens with zero attached hydrogens (tertiary/aromatic N) is 4. The van der Waals surface area contributed by atoms with Crippen LogP contribution in [0.15, 0.2) is 0 Å². The van der Waals surface area contributed by atoms with Crippen LogP contribution in [0.1, 0.15) is 80.1 Å². The van der Waals surface area contributed by atoms with Gasteiger partial charge >= 0.3 is 12.2 Å². The lowest BCUT2D eigenvalue weighted by Gasteiger charge is -2.35. The third-order valence-electron chi connectivity index (χ3n) is 6.86. The first-order valence-electron chi connectivity index (χ1n) is 14.5. The summed E-state index contributed by atoms with van der Waals surface area (Å²) in [5.41, 5.74) is -0.853. The molecule has 10 heteroatoms. The van der Waals surface area contributed by atoms with Gasteiger partial charge in [0.1, 0.15) is 17.0 Å². The van der Waals surface area contributed by atoms with Gasteiger partial charge in [0.05, 0.1) is 0 Å². The summed E-state index contributed by atoms with van der Waals surface area (Å²) in [5, 5.41) is 3.34. The quantitative estimate of drug-likeness (QED) is 0.549. The number of ketones is 1. The SMILES string of the molecule is CC(C)(C)OC(=O)N1CCC(=O)CC1.CN(C)C1CCN(C(=O)OC(C)(C)C)CC1.CN(C)C1CCNCC1. The van der Waals surface area contributed by atoms with Crippen molar-refractivity contribution < 1.29 is 23.9 Å². The predicted octanol–water partition coefficient (Wildman–Crippen LogP) is 3.83. The number of piperidine rings is 3. The fourth-order valence-electron chi connectivity index (χ4n) is 4.48. The van der Waals surface area contributed by atoms with E-state index in [1.165, 1.54) is 25.9 Å². The van der Waals surface area contributed by atoms with Gasteiger partial charge in [0.2, 0.25) is 0 Å². The van der Waals surface area contributed by atoms with Crippen molar-refractivity contribution in [2.45, 2.75) is 103 Å². The monoisotopic (exact) mass is 555 g/mol. The zero-order valence-corrected chi connectivity index (χ0v) is 26.5. The second-order valence-electron chi connectivity index (χ2n) is 13.1. The molecule has 0 radical (unpaired) electrons. The van der Waals surface area contributed by atoms with E-state index in [-0.39, 0.29) is 18.0 Å². The predicted molar refractivity (Wildman–Crippen MR) is 156 cm³/mol. The molecule has 3 rings (SSSR count). The zero-order valence-electron chi connectivity index (χ0n) is 26.5. The number of rotatable bonds is 2. The molecule has 0 aliphatic carbocycles. The Morgan fingerprint density at radius 1 is 0.692 bits per heavy atom. The number of hydrogen-bond donors (Lipinski definition) is 1. The first-order chi connectivity index (χ1) is 18.0. The Bertz CT molecular complexity index is 736. The summed E-state index contributed by atoms with van der Waals surface area (Å²) in [6, 6.07) is 1.42. The molecule has 228 valence electrons. The summed E-state index contributed by atoms with van der Waals surface area (Å²) in [4.78, 5) is 42.2. The highest BCUT2D eigenvalue weighted by Gasteiger charge is 2.28. The second kappa shape index (κ2) is 16.4. The summed E-state index contributed by atoms with van der Waals surface area (Å²) in [7, 11) is 8.51. The molecule has 3 aliphatic heterocycles. The molecule has 0 spiro atoms. The van der Waals surface area contributed by atoms with Gasteiger partial charge in [-0.3, -0.25) is 4.79 Å². The van der Waals surface area contributed by atoms with Crippen LogP contribution in [-0.4, -0.2) is 128 Å². The van der Waals surface area contributed by atoms with Gasteiger partial charge in [0.15, 0.2) is 0 Å². The number of hydrogen-bond acceptors (Lipinski definition) is 8. The number of likely N-dealkylation sites (tertiary alicyclic amines) is 2. The minimum Gasteiger partial charge on any atom is -0.444 e. The molecular weight excluding hydrogens is 498 g/mol. The van der Waals surface area contributed by atoms with Crippen LogP contribution in [0.2, 0.25) is 0 Å². The van der Waals surface area contributed by atoms with Crippen molar-refractivity contribution in [3.63, 3.8) is 0 Å². The molecular formula is C29H57N5O5. The van der Waals surface area contributed by atoms with Gasteiger partial charge in [-0.25, -0.2) is 9.59 Å². The van der Waals surface area contributed by atoms with Crippen molar-refractivity contribution >= 4 is 18.0 Å². The van der Waals surface area contributed by atoms with Gasteiger partial charge in [0.25, 0.3) is 0 Å². The third-order valence-corrected chi connectivity index (χ3v) is 6.86. The highest BCUT2D eigenvalue weighted by Crippen LogP contribution is 2.17. The largest absolute Gasteiger partial charge is 0.444 e. The zero-order chi connectivity index (χ0) is 29.8. The summed E-state index contributed by atoms with van der Waals surface area (Å²) in [6.45, 7) is 16.2. The third kappa shape index (κ3) is 15.5. The van der Waals surface area contributed by atoms with Crippen molar-refractivity contribution in [1.29, 1.82) is 0 Å². The van der Waals surface area contributed by atoms with Crippen molar-refractivity contribution in [3.05, 3.63) is 0 Å². The molecule has 0 aromatic rings. The van der Waals surface area contributed by atoms with E-state index in [0.717, 1.165) is 32.0 Å². The van der Waals surface area contributed by atoms with Gasteiger partial charge < -0.3 is 34.4 Å². The summed E-state index contributed by atoms with van der Waals surface area (Å²) in [5.74, 6) is 0.227. The number of carbonyl (C=O) groups excluding carboxylic acids is 3. The molecule has 10 nitrogen and oxygen atoms in total. The molecule has 0 aromatic heterocycles. The summed E-state index contributed by atoms with van der Waals surface area (Å²) < 4.78 is 10.5. The molecule has 0 bridgehead atoms. The Balaban J connectivity index is 0.000000303. The number of ether oxygens (including phenoxy) is 2. The van der Waals surface area contributed by atoms with E-state index in [9.17, 15) is 14.4 Å². The Labute approximate surface area is 237 Å². The van der Waals surface area contributed by atoms with E-state index in [4.69, 9.17) is 9.47 Å². The maximum atomic E-state index is 11.8. The molecule has 0 aromatic carbocycles. The molecule has 2 amide bonds. The van der Waals surface area contributed by atoms with Crippen LogP contribution in [0, 0.1) is 0 Å². The van der Waals surface area contributed by atoms with E-state index in [1.54, 1.807) is 4.90 Å². The van der Waals surface area contributed by atoms with Gasteiger partial charge in [-0.15, -0.1) is 0 Å². The van der Waals surface area contributed by atoms with E-state index < -0.39 is 11.2 Å². The van der Waals surface area contributed by atoms with E-state index in [2.05, 4.69) is 43.3 Å². The fourth-order valence-corrected chi connectivity index (χ4v) is 4.48. The van der Waals surface area contributed by atoms with Crippen LogP contribution in [0.5, 0.6) is 0 Å². The topological polar surface area (TPSA) is 94.7 Å². The Morgan fingerprint density at radius 3 is 1.38 bits per heavy atom. The molecule has 0 atom stereocenters. The van der Waals surface area contributed by atoms with Gasteiger partial charge in [0, 0.05) is 51.1 Å². The van der Waals surface area contributed by atoms with Crippen LogP contribution in [-0.2, 0) is 14.3 Å². The molecule has 3 fully saturated rings. The van der Waals surface area contributed by atoms with E-state index >= 15 is 0 Å². The maximum absolute atomic E-state index is 11.8. The smallest absolute Gasteiger partial charge is 0.410 e. The lowest BCUT2D eigenvalue weighted by molar-refractivity contribution is -0.121. The molecule has 3 heterocycles. The van der Waals surface area contributed by atoms with Crippen molar-refractivity contribution in [3.8, 4) is 0 Å². The van der Waals surface area contributed by atoms with Crippen molar-refractivity contribution in [2.24, 2.45) is 0 Å². The minimum atomic E-state index is -0.460. The number of nitrogens with one attached hydrogen (secondary N) is 1. The van der Waals surface area contributed by atoms with Crippen LogP contribution >= 0.6 is 0 Å². The number of carbonyl (C=O) groups is 3. The highest BCUT2D eigenvalue weighted by molar-refractivity contribution is 5.81. The molecule has 0 unspecified atom stereocenters. The van der Waals surface area contributed by atoms with Crippen molar-refractivity contribution in [2.75, 3.05) is 67.5 Å². The highest BCUT2D eigenvalue weighted by atomic mass is 16.6. The lowest BCUT2D eigenvalue weighted by atomic mass is 10.0.